The summed E-state index contributed by atoms with van der Waals surface area (Å²) in [5.74, 6) is -0.666. The van der Waals surface area contributed by atoms with Crippen LogP contribution in [-0.2, 0) is 16.4 Å². The van der Waals surface area contributed by atoms with E-state index >= 15 is 0 Å². The molecule has 0 unspecified atom stereocenters. The quantitative estimate of drug-likeness (QED) is 0.553. The van der Waals surface area contributed by atoms with E-state index in [1.807, 2.05) is 12.1 Å². The van der Waals surface area contributed by atoms with Crippen molar-refractivity contribution in [1.82, 2.24) is 4.72 Å². The van der Waals surface area contributed by atoms with Crippen molar-refractivity contribution in [2.24, 2.45) is 0 Å². The Morgan fingerprint density at radius 1 is 0.893 bits per heavy atom. The smallest absolute Gasteiger partial charge is 0.265 e. The zero-order chi connectivity index (χ0) is 20.1. The van der Waals surface area contributed by atoms with Crippen molar-refractivity contribution in [3.05, 3.63) is 88.4 Å². The molecule has 144 valence electrons. The molecule has 3 aromatic carbocycles. The van der Waals surface area contributed by atoms with Crippen LogP contribution in [0.2, 0.25) is 0 Å². The molecule has 0 aliphatic rings. The molecule has 0 bridgehead atoms. The van der Waals surface area contributed by atoms with Crippen LogP contribution in [0.3, 0.4) is 0 Å². The van der Waals surface area contributed by atoms with Gasteiger partial charge in [-0.15, -0.1) is 0 Å². The Hall–Kier alpha value is -2.44. The second-order valence-electron chi connectivity index (χ2n) is 6.39. The van der Waals surface area contributed by atoms with Crippen LogP contribution in [0, 0.1) is 0 Å². The van der Waals surface area contributed by atoms with E-state index < -0.39 is 15.9 Å². The minimum atomic E-state index is -3.96. The molecule has 4 nitrogen and oxygen atoms in total. The van der Waals surface area contributed by atoms with Crippen molar-refractivity contribution >= 4 is 31.9 Å². The molecule has 28 heavy (non-hydrogen) atoms. The van der Waals surface area contributed by atoms with Crippen molar-refractivity contribution < 1.29 is 13.2 Å². The molecule has 0 aromatic heterocycles. The molecule has 6 heteroatoms. The average molecular weight is 458 g/mol. The van der Waals surface area contributed by atoms with Gasteiger partial charge in [0.1, 0.15) is 4.90 Å². The number of hydrogen-bond donors (Lipinski definition) is 1. The molecule has 0 spiro atoms. The van der Waals surface area contributed by atoms with Crippen LogP contribution in [0.15, 0.2) is 82.2 Å². The van der Waals surface area contributed by atoms with Crippen LogP contribution in [0.4, 0.5) is 0 Å². The van der Waals surface area contributed by atoms with Crippen LogP contribution in [-0.4, -0.2) is 14.3 Å². The van der Waals surface area contributed by atoms with Gasteiger partial charge in [-0.25, -0.2) is 13.1 Å². The lowest BCUT2D eigenvalue weighted by Crippen LogP contribution is -2.30. The number of sulfonamides is 1. The highest BCUT2D eigenvalue weighted by Crippen LogP contribution is 2.23. The SMILES string of the molecule is CCCc1ccc(-c2ccc(C(=O)NS(=O)(=O)c3ccccc3Br)cc2)cc1. The summed E-state index contributed by atoms with van der Waals surface area (Å²) >= 11 is 3.20. The summed E-state index contributed by atoms with van der Waals surface area (Å²) < 4.78 is 27.4. The number of carbonyl (C=O) groups is 1. The second kappa shape index (κ2) is 8.71. The molecule has 3 rings (SSSR count). The van der Waals surface area contributed by atoms with E-state index in [-0.39, 0.29) is 10.5 Å². The Morgan fingerprint density at radius 3 is 2.04 bits per heavy atom. The van der Waals surface area contributed by atoms with Gasteiger partial charge in [-0.3, -0.25) is 4.79 Å². The van der Waals surface area contributed by atoms with Gasteiger partial charge in [-0.1, -0.05) is 61.9 Å². The predicted octanol–water partition coefficient (Wildman–Crippen LogP) is 5.19. The third-order valence-corrected chi connectivity index (χ3v) is 6.67. The topological polar surface area (TPSA) is 63.2 Å². The minimum Gasteiger partial charge on any atom is -0.268 e. The Balaban J connectivity index is 1.76. The molecule has 1 N–H and O–H groups in total. The lowest BCUT2D eigenvalue weighted by atomic mass is 10.0. The maximum Gasteiger partial charge on any atom is 0.265 e. The van der Waals surface area contributed by atoms with Crippen molar-refractivity contribution in [2.45, 2.75) is 24.7 Å². The molecule has 0 heterocycles. The molecule has 0 aliphatic carbocycles. The van der Waals surface area contributed by atoms with Crippen molar-refractivity contribution in [3.63, 3.8) is 0 Å². The summed E-state index contributed by atoms with van der Waals surface area (Å²) in [7, 11) is -3.96. The first-order valence-electron chi connectivity index (χ1n) is 8.92. The first-order valence-corrected chi connectivity index (χ1v) is 11.2. The molecule has 0 fully saturated rings. The second-order valence-corrected chi connectivity index (χ2v) is 8.89. The van der Waals surface area contributed by atoms with Gasteiger partial charge >= 0.3 is 0 Å². The van der Waals surface area contributed by atoms with E-state index in [9.17, 15) is 13.2 Å². The van der Waals surface area contributed by atoms with E-state index in [0.717, 1.165) is 24.0 Å². The van der Waals surface area contributed by atoms with Gasteiger partial charge in [0.2, 0.25) is 0 Å². The number of carbonyl (C=O) groups excluding carboxylic acids is 1. The van der Waals surface area contributed by atoms with Crippen molar-refractivity contribution in [2.75, 3.05) is 0 Å². The van der Waals surface area contributed by atoms with Crippen LogP contribution in [0.5, 0.6) is 0 Å². The van der Waals surface area contributed by atoms with Crippen molar-refractivity contribution in [3.8, 4) is 11.1 Å². The predicted molar refractivity (Wildman–Crippen MR) is 115 cm³/mol. The van der Waals surface area contributed by atoms with Crippen LogP contribution < -0.4 is 4.72 Å². The Morgan fingerprint density at radius 2 is 1.46 bits per heavy atom. The van der Waals surface area contributed by atoms with Gasteiger partial charge in [-0.05, 0) is 63.3 Å². The van der Waals surface area contributed by atoms with E-state index in [1.54, 1.807) is 30.3 Å². The Bertz CT molecular complexity index is 1080. The van der Waals surface area contributed by atoms with Gasteiger partial charge in [0.15, 0.2) is 0 Å². The lowest BCUT2D eigenvalue weighted by molar-refractivity contribution is 0.0981. The van der Waals surface area contributed by atoms with E-state index in [4.69, 9.17) is 0 Å². The first-order chi connectivity index (χ1) is 13.4. The Labute approximate surface area is 173 Å². The van der Waals surface area contributed by atoms with Crippen LogP contribution in [0.1, 0.15) is 29.3 Å². The summed E-state index contributed by atoms with van der Waals surface area (Å²) in [6, 6.07) is 21.5. The summed E-state index contributed by atoms with van der Waals surface area (Å²) in [6.07, 6.45) is 2.15. The molecule has 0 saturated carbocycles. The number of hydrogen-bond acceptors (Lipinski definition) is 3. The highest BCUT2D eigenvalue weighted by atomic mass is 79.9. The summed E-state index contributed by atoms with van der Waals surface area (Å²) in [6.45, 7) is 2.15. The maximum absolute atomic E-state index is 12.4. The molecule has 0 atom stereocenters. The number of nitrogens with one attached hydrogen (secondary N) is 1. The molecular formula is C22H20BrNO3S. The van der Waals surface area contributed by atoms with Gasteiger partial charge in [0.25, 0.3) is 15.9 Å². The number of rotatable bonds is 6. The van der Waals surface area contributed by atoms with E-state index in [2.05, 4.69) is 51.8 Å². The van der Waals surface area contributed by atoms with Crippen molar-refractivity contribution in [1.29, 1.82) is 0 Å². The zero-order valence-electron chi connectivity index (χ0n) is 15.4. The molecule has 1 amide bonds. The number of benzene rings is 3. The fourth-order valence-electron chi connectivity index (χ4n) is 2.87. The van der Waals surface area contributed by atoms with Gasteiger partial charge in [0, 0.05) is 10.0 Å². The number of aryl methyl sites for hydroxylation is 1. The van der Waals surface area contributed by atoms with E-state index in [0.29, 0.717) is 4.47 Å². The first kappa shape index (κ1) is 20.3. The van der Waals surface area contributed by atoms with Gasteiger partial charge < -0.3 is 0 Å². The van der Waals surface area contributed by atoms with E-state index in [1.165, 1.54) is 11.6 Å². The third kappa shape index (κ3) is 4.69. The number of amides is 1. The number of halogens is 1. The fraction of sp³-hybridized carbons (Fsp3) is 0.136. The highest BCUT2D eigenvalue weighted by molar-refractivity contribution is 9.10. The molecular weight excluding hydrogens is 438 g/mol. The van der Waals surface area contributed by atoms with Gasteiger partial charge in [-0.2, -0.15) is 0 Å². The summed E-state index contributed by atoms with van der Waals surface area (Å²) in [4.78, 5) is 12.4. The van der Waals surface area contributed by atoms with Crippen LogP contribution in [0.25, 0.3) is 11.1 Å². The third-order valence-electron chi connectivity index (χ3n) is 4.33. The molecule has 0 aliphatic heterocycles. The lowest BCUT2D eigenvalue weighted by Gasteiger charge is -2.09. The highest BCUT2D eigenvalue weighted by Gasteiger charge is 2.20. The fourth-order valence-corrected chi connectivity index (χ4v) is 4.84. The standard InChI is InChI=1S/C22H20BrNO3S/c1-2-5-16-8-10-17(11-9-16)18-12-14-19(15-13-18)22(25)24-28(26,27)21-7-4-3-6-20(21)23/h3-4,6-15H,2,5H2,1H3,(H,24,25). The minimum absolute atomic E-state index is 0.0205. The Kier molecular flexibility index (Phi) is 6.31. The average Bonchev–Trinajstić information content (AvgIpc) is 2.69. The monoisotopic (exact) mass is 457 g/mol. The molecule has 0 radical (unpaired) electrons. The molecule has 3 aromatic rings. The summed E-state index contributed by atoms with van der Waals surface area (Å²) in [5, 5.41) is 0. The summed E-state index contributed by atoms with van der Waals surface area (Å²) in [5.41, 5.74) is 3.59. The van der Waals surface area contributed by atoms with Gasteiger partial charge in [0.05, 0.1) is 0 Å². The largest absolute Gasteiger partial charge is 0.268 e. The normalized spacial score (nSPS) is 11.2. The zero-order valence-corrected chi connectivity index (χ0v) is 17.8. The maximum atomic E-state index is 12.4. The molecule has 0 saturated heterocycles. The van der Waals surface area contributed by atoms with Crippen LogP contribution >= 0.6 is 15.9 Å².